The van der Waals surface area contributed by atoms with Crippen molar-refractivity contribution < 1.29 is 14.3 Å². The van der Waals surface area contributed by atoms with Crippen molar-refractivity contribution in [1.29, 1.82) is 0 Å². The van der Waals surface area contributed by atoms with Gasteiger partial charge in [0.15, 0.2) is 5.78 Å². The van der Waals surface area contributed by atoms with Gasteiger partial charge >= 0.3 is 5.97 Å². The topological polar surface area (TPSA) is 43.4 Å². The number of hydrogen-bond acceptors (Lipinski definition) is 3. The number of carbonyl (C=O) groups excluding carboxylic acids is 2. The highest BCUT2D eigenvalue weighted by Gasteiger charge is 2.26. The van der Waals surface area contributed by atoms with Crippen LogP contribution in [0.5, 0.6) is 0 Å². The molecule has 2 aromatic rings. The van der Waals surface area contributed by atoms with Crippen molar-refractivity contribution in [2.45, 2.75) is 25.7 Å². The van der Waals surface area contributed by atoms with Crippen LogP contribution >= 0.6 is 0 Å². The van der Waals surface area contributed by atoms with Crippen LogP contribution in [0.1, 0.15) is 41.6 Å². The number of carbonyl (C=O) groups is 2. The van der Waals surface area contributed by atoms with Crippen LogP contribution in [0.4, 0.5) is 0 Å². The van der Waals surface area contributed by atoms with E-state index < -0.39 is 0 Å². The van der Waals surface area contributed by atoms with Crippen molar-refractivity contribution in [3.8, 4) is 0 Å². The molecule has 0 N–H and O–H groups in total. The molecule has 0 aliphatic heterocycles. The van der Waals surface area contributed by atoms with Gasteiger partial charge < -0.3 is 4.74 Å². The van der Waals surface area contributed by atoms with Crippen LogP contribution in [0.3, 0.4) is 0 Å². The molecule has 2 aromatic carbocycles. The van der Waals surface area contributed by atoms with Gasteiger partial charge in [-0.15, -0.1) is 0 Å². The van der Waals surface area contributed by atoms with Crippen molar-refractivity contribution in [1.82, 2.24) is 0 Å². The molecule has 0 saturated carbocycles. The number of Topliss-reactive ketones (excluding diaryl/α,β-unsaturated/α-hetero) is 1. The Kier molecular flexibility index (Phi) is 6.50. The van der Waals surface area contributed by atoms with E-state index in [2.05, 4.69) is 0 Å². The van der Waals surface area contributed by atoms with Crippen molar-refractivity contribution in [3.05, 3.63) is 83.4 Å². The van der Waals surface area contributed by atoms with Gasteiger partial charge in [-0.2, -0.15) is 0 Å². The van der Waals surface area contributed by atoms with Crippen molar-refractivity contribution in [3.63, 3.8) is 0 Å². The number of ether oxygens (including phenoxy) is 1. The van der Waals surface area contributed by atoms with Crippen LogP contribution in [0, 0.1) is 0 Å². The van der Waals surface area contributed by atoms with Crippen LogP contribution < -0.4 is 0 Å². The summed E-state index contributed by atoms with van der Waals surface area (Å²) in [4.78, 5) is 24.9. The Labute approximate surface area is 143 Å². The summed E-state index contributed by atoms with van der Waals surface area (Å²) >= 11 is 0. The summed E-state index contributed by atoms with van der Waals surface area (Å²) in [5.74, 6) is -0.687. The van der Waals surface area contributed by atoms with Gasteiger partial charge in [-0.05, 0) is 12.0 Å². The standard InChI is InChI=1S/C21H22O3/c1-3-10-18(21(23)24-2)19(16-11-6-4-7-12-16)15-20(22)17-13-8-5-9-14-17/h4-14,19H,3,15H2,1-2H3/b18-10+. The first-order chi connectivity index (χ1) is 11.7. The van der Waals surface area contributed by atoms with E-state index in [1.54, 1.807) is 12.1 Å². The van der Waals surface area contributed by atoms with E-state index in [0.29, 0.717) is 17.6 Å². The van der Waals surface area contributed by atoms with E-state index in [-0.39, 0.29) is 24.1 Å². The minimum absolute atomic E-state index is 0.00959. The monoisotopic (exact) mass is 322 g/mol. The van der Waals surface area contributed by atoms with Crippen LogP contribution in [0.15, 0.2) is 72.3 Å². The molecule has 0 spiro atoms. The van der Waals surface area contributed by atoms with Gasteiger partial charge in [0, 0.05) is 23.5 Å². The number of hydrogen-bond donors (Lipinski definition) is 0. The summed E-state index contributed by atoms with van der Waals surface area (Å²) in [6, 6.07) is 18.8. The normalized spacial score (nSPS) is 12.5. The maximum atomic E-state index is 12.7. The average Bonchev–Trinajstić information content (AvgIpc) is 2.65. The molecule has 0 bridgehead atoms. The number of benzene rings is 2. The molecular weight excluding hydrogens is 300 g/mol. The van der Waals surface area contributed by atoms with E-state index in [1.807, 2.05) is 61.5 Å². The van der Waals surface area contributed by atoms with Crippen molar-refractivity contribution in [2.75, 3.05) is 7.11 Å². The molecule has 1 unspecified atom stereocenters. The fourth-order valence-corrected chi connectivity index (χ4v) is 2.73. The van der Waals surface area contributed by atoms with Crippen molar-refractivity contribution in [2.24, 2.45) is 0 Å². The Morgan fingerprint density at radius 2 is 1.58 bits per heavy atom. The Morgan fingerprint density at radius 3 is 2.12 bits per heavy atom. The lowest BCUT2D eigenvalue weighted by molar-refractivity contribution is -0.136. The molecule has 0 aromatic heterocycles. The summed E-state index contributed by atoms with van der Waals surface area (Å²) in [5.41, 5.74) is 2.13. The minimum atomic E-state index is -0.383. The fraction of sp³-hybridized carbons (Fsp3) is 0.238. The Hall–Kier alpha value is -2.68. The lowest BCUT2D eigenvalue weighted by Gasteiger charge is -2.19. The third-order valence-electron chi connectivity index (χ3n) is 3.91. The van der Waals surface area contributed by atoms with E-state index in [1.165, 1.54) is 7.11 Å². The zero-order valence-corrected chi connectivity index (χ0v) is 14.1. The summed E-state index contributed by atoms with van der Waals surface area (Å²) in [6.07, 6.45) is 2.78. The maximum Gasteiger partial charge on any atom is 0.334 e. The predicted molar refractivity (Wildman–Crippen MR) is 95.0 cm³/mol. The maximum absolute atomic E-state index is 12.7. The molecule has 1 atom stereocenters. The second kappa shape index (κ2) is 8.82. The highest BCUT2D eigenvalue weighted by Crippen LogP contribution is 2.30. The van der Waals surface area contributed by atoms with Gasteiger partial charge in [0.25, 0.3) is 0 Å². The predicted octanol–water partition coefficient (Wildman–Crippen LogP) is 4.55. The minimum Gasteiger partial charge on any atom is -0.466 e. The summed E-state index contributed by atoms with van der Waals surface area (Å²) in [5, 5.41) is 0. The Balaban J connectivity index is 2.38. The third kappa shape index (κ3) is 4.42. The molecule has 0 heterocycles. The molecule has 3 heteroatoms. The Bertz CT molecular complexity index is 702. The van der Waals surface area contributed by atoms with Crippen LogP contribution in [0.2, 0.25) is 0 Å². The number of methoxy groups -OCH3 is 1. The summed E-state index contributed by atoms with van der Waals surface area (Å²) < 4.78 is 4.94. The second-order valence-electron chi connectivity index (χ2n) is 5.52. The molecule has 0 aliphatic carbocycles. The lowest BCUT2D eigenvalue weighted by Crippen LogP contribution is -2.17. The highest BCUT2D eigenvalue weighted by atomic mass is 16.5. The largest absolute Gasteiger partial charge is 0.466 e. The number of allylic oxidation sites excluding steroid dienone is 1. The van der Waals surface area contributed by atoms with Crippen LogP contribution in [-0.4, -0.2) is 18.9 Å². The summed E-state index contributed by atoms with van der Waals surface area (Å²) in [6.45, 7) is 1.96. The molecular formula is C21H22O3. The third-order valence-corrected chi connectivity index (χ3v) is 3.91. The molecule has 0 radical (unpaired) electrons. The van der Waals surface area contributed by atoms with Gasteiger partial charge in [0.2, 0.25) is 0 Å². The van der Waals surface area contributed by atoms with Gasteiger partial charge in [0.05, 0.1) is 7.11 Å². The van der Waals surface area contributed by atoms with Crippen LogP contribution in [0.25, 0.3) is 0 Å². The van der Waals surface area contributed by atoms with E-state index in [9.17, 15) is 9.59 Å². The fourth-order valence-electron chi connectivity index (χ4n) is 2.73. The van der Waals surface area contributed by atoms with E-state index in [4.69, 9.17) is 4.74 Å². The molecule has 0 saturated heterocycles. The lowest BCUT2D eigenvalue weighted by atomic mass is 9.85. The van der Waals surface area contributed by atoms with Gasteiger partial charge in [-0.25, -0.2) is 4.79 Å². The summed E-state index contributed by atoms with van der Waals surface area (Å²) in [7, 11) is 1.37. The Morgan fingerprint density at radius 1 is 1.00 bits per heavy atom. The number of esters is 1. The van der Waals surface area contributed by atoms with Crippen molar-refractivity contribution >= 4 is 11.8 Å². The number of ketones is 1. The SMILES string of the molecule is CC/C=C(/C(=O)OC)C(CC(=O)c1ccccc1)c1ccccc1. The zero-order valence-electron chi connectivity index (χ0n) is 14.1. The van der Waals surface area contributed by atoms with Crippen LogP contribution in [-0.2, 0) is 9.53 Å². The first-order valence-corrected chi connectivity index (χ1v) is 8.09. The first-order valence-electron chi connectivity index (χ1n) is 8.09. The smallest absolute Gasteiger partial charge is 0.334 e. The quantitative estimate of drug-likeness (QED) is 0.426. The van der Waals surface area contributed by atoms with E-state index >= 15 is 0 Å². The molecule has 0 fully saturated rings. The molecule has 124 valence electrons. The molecule has 2 rings (SSSR count). The molecule has 24 heavy (non-hydrogen) atoms. The average molecular weight is 322 g/mol. The molecule has 0 amide bonds. The number of rotatable bonds is 7. The van der Waals surface area contributed by atoms with Gasteiger partial charge in [0.1, 0.15) is 0 Å². The molecule has 0 aliphatic rings. The van der Waals surface area contributed by atoms with E-state index in [0.717, 1.165) is 5.56 Å². The second-order valence-corrected chi connectivity index (χ2v) is 5.52. The van der Waals surface area contributed by atoms with Gasteiger partial charge in [-0.1, -0.05) is 73.7 Å². The zero-order chi connectivity index (χ0) is 17.4. The highest BCUT2D eigenvalue weighted by molar-refractivity contribution is 5.98. The first kappa shape index (κ1) is 17.7. The molecule has 3 nitrogen and oxygen atoms in total. The van der Waals surface area contributed by atoms with Gasteiger partial charge in [-0.3, -0.25) is 4.79 Å².